The third-order valence-corrected chi connectivity index (χ3v) is 4.33. The lowest BCUT2D eigenvalue weighted by Crippen LogP contribution is -2.39. The van der Waals surface area contributed by atoms with Crippen molar-refractivity contribution < 1.29 is 9.53 Å². The Bertz CT molecular complexity index is 825. The first-order valence-corrected chi connectivity index (χ1v) is 8.14. The Morgan fingerprint density at radius 3 is 3.12 bits per heavy atom. The molecule has 1 saturated heterocycles. The molecule has 0 aliphatic carbocycles. The van der Waals surface area contributed by atoms with E-state index < -0.39 is 5.56 Å². The van der Waals surface area contributed by atoms with Crippen LogP contribution in [0.5, 0.6) is 5.75 Å². The minimum atomic E-state index is -0.425. The van der Waals surface area contributed by atoms with Gasteiger partial charge < -0.3 is 20.3 Å². The maximum atomic E-state index is 12.2. The number of aromatic nitrogens is 2. The van der Waals surface area contributed by atoms with Crippen molar-refractivity contribution in [3.63, 3.8) is 0 Å². The lowest BCUT2D eigenvalue weighted by Gasteiger charge is -2.19. The zero-order chi connectivity index (χ0) is 17.8. The van der Waals surface area contributed by atoms with Gasteiger partial charge in [0.2, 0.25) is 0 Å². The second kappa shape index (κ2) is 7.43. The molecule has 0 bridgehead atoms. The zero-order valence-electron chi connectivity index (χ0n) is 13.6. The molecule has 8 nitrogen and oxygen atoms in total. The lowest BCUT2D eigenvalue weighted by atomic mass is 10.2. The van der Waals surface area contributed by atoms with Gasteiger partial charge in [-0.1, -0.05) is 17.7 Å². The van der Waals surface area contributed by atoms with E-state index in [2.05, 4.69) is 20.8 Å². The Balaban J connectivity index is 1.58. The number of carbonyl (C=O) groups excluding carboxylic acids is 1. The van der Waals surface area contributed by atoms with Crippen LogP contribution in [-0.2, 0) is 0 Å². The van der Waals surface area contributed by atoms with Gasteiger partial charge in [0.15, 0.2) is 0 Å². The molecule has 1 unspecified atom stereocenters. The highest BCUT2D eigenvalue weighted by atomic mass is 35.5. The quantitative estimate of drug-likeness (QED) is 0.769. The number of aromatic amines is 1. The molecule has 2 heterocycles. The van der Waals surface area contributed by atoms with Crippen molar-refractivity contribution in [3.05, 3.63) is 45.8 Å². The summed E-state index contributed by atoms with van der Waals surface area (Å²) < 4.78 is 5.13. The molecule has 1 fully saturated rings. The summed E-state index contributed by atoms with van der Waals surface area (Å²) in [7, 11) is 1.57. The molecule has 1 aliphatic rings. The molecule has 0 spiro atoms. The number of hydrogen-bond donors (Lipinski definition) is 3. The molecule has 1 aromatic carbocycles. The van der Waals surface area contributed by atoms with Crippen molar-refractivity contribution in [2.45, 2.75) is 12.5 Å². The molecule has 3 N–H and O–H groups in total. The predicted molar refractivity (Wildman–Crippen MR) is 95.6 cm³/mol. The third kappa shape index (κ3) is 4.03. The van der Waals surface area contributed by atoms with Gasteiger partial charge in [-0.3, -0.25) is 4.79 Å². The molecule has 9 heteroatoms. The minimum Gasteiger partial charge on any atom is -0.497 e. The highest BCUT2D eigenvalue weighted by molar-refractivity contribution is 6.33. The Labute approximate surface area is 149 Å². The second-order valence-corrected chi connectivity index (χ2v) is 6.04. The number of anilines is 2. The van der Waals surface area contributed by atoms with E-state index in [1.165, 1.54) is 6.20 Å². The van der Waals surface area contributed by atoms with Crippen LogP contribution in [0.15, 0.2) is 35.3 Å². The van der Waals surface area contributed by atoms with Gasteiger partial charge >= 0.3 is 6.03 Å². The van der Waals surface area contributed by atoms with Crippen LogP contribution in [0.3, 0.4) is 0 Å². The Hall–Kier alpha value is -2.74. The summed E-state index contributed by atoms with van der Waals surface area (Å²) in [5, 5.41) is 11.9. The SMILES string of the molecule is COc1cccc(NC(=O)NC2CCN(c3cn[nH]c(=O)c3Cl)C2)c1. The van der Waals surface area contributed by atoms with Gasteiger partial charge in [0.1, 0.15) is 10.8 Å². The lowest BCUT2D eigenvalue weighted by molar-refractivity contribution is 0.249. The number of benzene rings is 1. The normalized spacial score (nSPS) is 16.6. The zero-order valence-corrected chi connectivity index (χ0v) is 14.3. The molecule has 1 aromatic heterocycles. The van der Waals surface area contributed by atoms with Gasteiger partial charge in [-0.25, -0.2) is 9.89 Å². The van der Waals surface area contributed by atoms with E-state index >= 15 is 0 Å². The van der Waals surface area contributed by atoms with Crippen LogP contribution in [0, 0.1) is 0 Å². The fourth-order valence-electron chi connectivity index (χ4n) is 2.74. The predicted octanol–water partition coefficient (Wildman–Crippen LogP) is 1.83. The molecular weight excluding hydrogens is 346 g/mol. The van der Waals surface area contributed by atoms with E-state index in [0.29, 0.717) is 30.2 Å². The van der Waals surface area contributed by atoms with Crippen molar-refractivity contribution >= 4 is 29.0 Å². The van der Waals surface area contributed by atoms with Gasteiger partial charge in [-0.15, -0.1) is 0 Å². The Morgan fingerprint density at radius 2 is 2.32 bits per heavy atom. The van der Waals surface area contributed by atoms with Crippen LogP contribution >= 0.6 is 11.6 Å². The van der Waals surface area contributed by atoms with Gasteiger partial charge in [0.05, 0.1) is 19.0 Å². The number of ether oxygens (including phenoxy) is 1. The van der Waals surface area contributed by atoms with E-state index in [1.807, 2.05) is 4.90 Å². The van der Waals surface area contributed by atoms with Crippen LogP contribution in [0.25, 0.3) is 0 Å². The smallest absolute Gasteiger partial charge is 0.319 e. The highest BCUT2D eigenvalue weighted by Gasteiger charge is 2.26. The van der Waals surface area contributed by atoms with E-state index in [1.54, 1.807) is 31.4 Å². The minimum absolute atomic E-state index is 0.0547. The maximum absolute atomic E-state index is 12.2. The average Bonchev–Trinajstić information content (AvgIpc) is 3.05. The summed E-state index contributed by atoms with van der Waals surface area (Å²) in [6, 6.07) is 6.77. The van der Waals surface area contributed by atoms with E-state index in [4.69, 9.17) is 16.3 Å². The number of amides is 2. The van der Waals surface area contributed by atoms with Crippen LogP contribution in [0.2, 0.25) is 5.02 Å². The van der Waals surface area contributed by atoms with Crippen molar-refractivity contribution in [2.24, 2.45) is 0 Å². The van der Waals surface area contributed by atoms with E-state index in [9.17, 15) is 9.59 Å². The number of methoxy groups -OCH3 is 1. The number of H-pyrrole nitrogens is 1. The molecule has 0 radical (unpaired) electrons. The second-order valence-electron chi connectivity index (χ2n) is 5.66. The number of carbonyl (C=O) groups is 1. The average molecular weight is 364 g/mol. The van der Waals surface area contributed by atoms with Gasteiger partial charge in [-0.05, 0) is 18.6 Å². The summed E-state index contributed by atoms with van der Waals surface area (Å²) in [5.74, 6) is 0.668. The highest BCUT2D eigenvalue weighted by Crippen LogP contribution is 2.24. The molecule has 2 amide bonds. The fraction of sp³-hybridized carbons (Fsp3) is 0.312. The van der Waals surface area contributed by atoms with Crippen molar-refractivity contribution in [3.8, 4) is 5.75 Å². The largest absolute Gasteiger partial charge is 0.497 e. The van der Waals surface area contributed by atoms with Crippen molar-refractivity contribution in [1.82, 2.24) is 15.5 Å². The van der Waals surface area contributed by atoms with Crippen LogP contribution in [-0.4, -0.2) is 42.5 Å². The number of urea groups is 1. The number of nitrogens with zero attached hydrogens (tertiary/aromatic N) is 2. The first kappa shape index (κ1) is 17.1. The van der Waals surface area contributed by atoms with Gasteiger partial charge in [0.25, 0.3) is 5.56 Å². The first-order chi connectivity index (χ1) is 12.1. The van der Waals surface area contributed by atoms with Gasteiger partial charge in [0, 0.05) is 30.9 Å². The van der Waals surface area contributed by atoms with E-state index in [-0.39, 0.29) is 17.1 Å². The fourth-order valence-corrected chi connectivity index (χ4v) is 2.96. The summed E-state index contributed by atoms with van der Waals surface area (Å²) in [6.07, 6.45) is 2.26. The monoisotopic (exact) mass is 363 g/mol. The summed E-state index contributed by atoms with van der Waals surface area (Å²) in [5.41, 5.74) is 0.794. The molecule has 25 heavy (non-hydrogen) atoms. The third-order valence-electron chi connectivity index (χ3n) is 3.97. The molecule has 3 rings (SSSR count). The number of halogens is 1. The molecule has 1 atom stereocenters. The topological polar surface area (TPSA) is 99.3 Å². The number of nitrogens with one attached hydrogen (secondary N) is 3. The van der Waals surface area contributed by atoms with Crippen LogP contribution in [0.4, 0.5) is 16.2 Å². The first-order valence-electron chi connectivity index (χ1n) is 7.76. The van der Waals surface area contributed by atoms with Gasteiger partial charge in [-0.2, -0.15) is 5.10 Å². The summed E-state index contributed by atoms with van der Waals surface area (Å²) in [6.45, 7) is 1.23. The van der Waals surface area contributed by atoms with Crippen LogP contribution < -0.4 is 25.8 Å². The van der Waals surface area contributed by atoms with Crippen LogP contribution in [0.1, 0.15) is 6.42 Å². The summed E-state index contributed by atoms with van der Waals surface area (Å²) >= 11 is 6.03. The Morgan fingerprint density at radius 1 is 1.48 bits per heavy atom. The molecule has 132 valence electrons. The number of hydrogen-bond acceptors (Lipinski definition) is 5. The van der Waals surface area contributed by atoms with E-state index in [0.717, 1.165) is 6.42 Å². The van der Waals surface area contributed by atoms with Crippen molar-refractivity contribution in [1.29, 1.82) is 0 Å². The molecule has 0 saturated carbocycles. The molecule has 2 aromatic rings. The summed E-state index contributed by atoms with van der Waals surface area (Å²) in [4.78, 5) is 25.6. The Kier molecular flexibility index (Phi) is 5.08. The molecular formula is C16H18ClN5O3. The molecule has 1 aliphatic heterocycles. The maximum Gasteiger partial charge on any atom is 0.319 e. The number of rotatable bonds is 4. The standard InChI is InChI=1S/C16H18ClN5O3/c1-25-12-4-2-3-10(7-12)19-16(24)20-11-5-6-22(9-11)13-8-18-21-15(23)14(13)17/h2-4,7-8,11H,5-6,9H2,1H3,(H,21,23)(H2,19,20,24). The van der Waals surface area contributed by atoms with Crippen molar-refractivity contribution in [2.75, 3.05) is 30.4 Å².